The smallest absolute Gasteiger partial charge is 0.261 e. The van der Waals surface area contributed by atoms with Gasteiger partial charge in [0.1, 0.15) is 0 Å². The van der Waals surface area contributed by atoms with Crippen LogP contribution in [0.25, 0.3) is 10.9 Å². The van der Waals surface area contributed by atoms with Crippen LogP contribution in [0.2, 0.25) is 0 Å². The first kappa shape index (κ1) is 22.7. The molecule has 1 saturated heterocycles. The number of piperidine rings is 1. The molecule has 1 fully saturated rings. The van der Waals surface area contributed by atoms with E-state index in [1.807, 2.05) is 12.1 Å². The molecular weight excluding hydrogens is 468 g/mol. The summed E-state index contributed by atoms with van der Waals surface area (Å²) < 4.78 is 2.33. The van der Waals surface area contributed by atoms with Crippen molar-refractivity contribution in [2.24, 2.45) is 5.92 Å². The Morgan fingerprint density at radius 2 is 1.91 bits per heavy atom. The summed E-state index contributed by atoms with van der Waals surface area (Å²) in [6, 6.07) is 13.7. The maximum atomic E-state index is 12.7. The molecule has 0 unspecified atom stereocenters. The van der Waals surface area contributed by atoms with E-state index >= 15 is 0 Å². The van der Waals surface area contributed by atoms with Gasteiger partial charge in [0.05, 0.1) is 17.2 Å². The van der Waals surface area contributed by atoms with Crippen molar-refractivity contribution in [1.29, 1.82) is 0 Å². The van der Waals surface area contributed by atoms with E-state index in [4.69, 9.17) is 0 Å². The number of hydrogen-bond acceptors (Lipinski definition) is 4. The third kappa shape index (κ3) is 5.64. The standard InChI is InChI=1S/C25H29BrN4O2/c1-18-8-11-29(12-9-18)16-20-5-3-2-4-19(20)15-27-24(31)10-13-30-17-28-23-7-6-21(26)14-22(23)25(30)32/h2-7,14,17-18H,8-13,15-16H2,1H3,(H,27,31). The van der Waals surface area contributed by atoms with Gasteiger partial charge in [0, 0.05) is 30.5 Å². The topological polar surface area (TPSA) is 67.2 Å². The molecule has 7 heteroatoms. The SMILES string of the molecule is CC1CCN(Cc2ccccc2CNC(=O)CCn2cnc3ccc(Br)cc3c2=O)CC1. The highest BCUT2D eigenvalue weighted by Crippen LogP contribution is 2.20. The summed E-state index contributed by atoms with van der Waals surface area (Å²) in [7, 11) is 0. The summed E-state index contributed by atoms with van der Waals surface area (Å²) >= 11 is 3.39. The van der Waals surface area contributed by atoms with Crippen LogP contribution in [-0.2, 0) is 24.4 Å². The van der Waals surface area contributed by atoms with Crippen LogP contribution in [0, 0.1) is 5.92 Å². The van der Waals surface area contributed by atoms with Gasteiger partial charge in [-0.25, -0.2) is 4.98 Å². The molecule has 0 radical (unpaired) electrons. The zero-order valence-electron chi connectivity index (χ0n) is 18.4. The third-order valence-corrected chi connectivity index (χ3v) is 6.72. The highest BCUT2D eigenvalue weighted by atomic mass is 79.9. The quantitative estimate of drug-likeness (QED) is 0.534. The predicted octanol–water partition coefficient (Wildman–Crippen LogP) is 4.10. The van der Waals surface area contributed by atoms with Crippen molar-refractivity contribution in [1.82, 2.24) is 19.8 Å². The van der Waals surface area contributed by atoms with Gasteiger partial charge in [-0.3, -0.25) is 19.1 Å². The van der Waals surface area contributed by atoms with Gasteiger partial charge in [0.15, 0.2) is 0 Å². The molecule has 1 amide bonds. The molecule has 6 nitrogen and oxygen atoms in total. The van der Waals surface area contributed by atoms with E-state index in [0.29, 0.717) is 24.0 Å². The molecule has 3 aromatic rings. The molecule has 0 saturated carbocycles. The summed E-state index contributed by atoms with van der Waals surface area (Å²) in [5.41, 5.74) is 2.93. The van der Waals surface area contributed by atoms with Crippen LogP contribution in [0.4, 0.5) is 0 Å². The number of nitrogens with zero attached hydrogens (tertiary/aromatic N) is 3. The average Bonchev–Trinajstić information content (AvgIpc) is 2.80. The lowest BCUT2D eigenvalue weighted by Crippen LogP contribution is -2.33. The number of amides is 1. The number of rotatable bonds is 7. The monoisotopic (exact) mass is 496 g/mol. The van der Waals surface area contributed by atoms with Gasteiger partial charge in [0.2, 0.25) is 5.91 Å². The largest absolute Gasteiger partial charge is 0.352 e. The Bertz CT molecular complexity index is 1150. The maximum absolute atomic E-state index is 12.7. The van der Waals surface area contributed by atoms with Crippen LogP contribution >= 0.6 is 15.9 Å². The van der Waals surface area contributed by atoms with E-state index in [-0.39, 0.29) is 17.9 Å². The number of aromatic nitrogens is 2. The minimum Gasteiger partial charge on any atom is -0.352 e. The Kier molecular flexibility index (Phi) is 7.37. The molecule has 0 spiro atoms. The van der Waals surface area contributed by atoms with Gasteiger partial charge in [0.25, 0.3) is 5.56 Å². The van der Waals surface area contributed by atoms with Gasteiger partial charge in [-0.05, 0) is 61.2 Å². The fraction of sp³-hybridized carbons (Fsp3) is 0.400. The van der Waals surface area contributed by atoms with E-state index in [9.17, 15) is 9.59 Å². The van der Waals surface area contributed by atoms with Crippen molar-refractivity contribution in [3.63, 3.8) is 0 Å². The molecule has 2 heterocycles. The highest BCUT2D eigenvalue weighted by molar-refractivity contribution is 9.10. The number of aryl methyl sites for hydroxylation is 1. The van der Waals surface area contributed by atoms with E-state index in [0.717, 1.165) is 35.6 Å². The van der Waals surface area contributed by atoms with Crippen molar-refractivity contribution in [2.75, 3.05) is 13.1 Å². The second kappa shape index (κ2) is 10.4. The lowest BCUT2D eigenvalue weighted by Gasteiger charge is -2.30. The minimum absolute atomic E-state index is 0.0761. The molecule has 0 atom stereocenters. The van der Waals surface area contributed by atoms with E-state index in [1.165, 1.54) is 29.3 Å². The molecule has 1 aliphatic heterocycles. The second-order valence-electron chi connectivity index (χ2n) is 8.66. The van der Waals surface area contributed by atoms with Crippen LogP contribution in [0.3, 0.4) is 0 Å². The maximum Gasteiger partial charge on any atom is 0.261 e. The molecule has 2 aromatic carbocycles. The van der Waals surface area contributed by atoms with Crippen LogP contribution in [0.15, 0.2) is 58.1 Å². The van der Waals surface area contributed by atoms with E-state index in [2.05, 4.69) is 56.3 Å². The van der Waals surface area contributed by atoms with Crippen molar-refractivity contribution < 1.29 is 4.79 Å². The zero-order chi connectivity index (χ0) is 22.5. The van der Waals surface area contributed by atoms with Crippen LogP contribution < -0.4 is 10.9 Å². The van der Waals surface area contributed by atoms with Crippen molar-refractivity contribution in [3.8, 4) is 0 Å². The Labute approximate surface area is 196 Å². The number of hydrogen-bond donors (Lipinski definition) is 1. The third-order valence-electron chi connectivity index (χ3n) is 6.23. The number of carbonyl (C=O) groups excluding carboxylic acids is 1. The summed E-state index contributed by atoms with van der Waals surface area (Å²) in [4.78, 5) is 32.0. The minimum atomic E-state index is -0.134. The molecule has 1 aliphatic rings. The Morgan fingerprint density at radius 3 is 2.69 bits per heavy atom. The number of benzene rings is 2. The van der Waals surface area contributed by atoms with Gasteiger partial charge < -0.3 is 5.32 Å². The Morgan fingerprint density at radius 1 is 1.16 bits per heavy atom. The zero-order valence-corrected chi connectivity index (χ0v) is 20.0. The number of halogens is 1. The molecule has 0 aliphatic carbocycles. The van der Waals surface area contributed by atoms with E-state index < -0.39 is 0 Å². The normalized spacial score (nSPS) is 15.2. The average molecular weight is 497 g/mol. The molecule has 4 rings (SSSR count). The fourth-order valence-corrected chi connectivity index (χ4v) is 4.50. The number of nitrogens with one attached hydrogen (secondary N) is 1. The molecule has 168 valence electrons. The first-order chi connectivity index (χ1) is 15.5. The first-order valence-corrected chi connectivity index (χ1v) is 12.0. The summed E-state index contributed by atoms with van der Waals surface area (Å²) in [5, 5.41) is 3.56. The van der Waals surface area contributed by atoms with Gasteiger partial charge >= 0.3 is 0 Å². The van der Waals surface area contributed by atoms with Gasteiger partial charge in [-0.1, -0.05) is 47.1 Å². The number of likely N-dealkylation sites (tertiary alicyclic amines) is 1. The number of fused-ring (bicyclic) bond motifs is 1. The molecule has 0 bridgehead atoms. The van der Waals surface area contributed by atoms with Crippen LogP contribution in [0.5, 0.6) is 0 Å². The lowest BCUT2D eigenvalue weighted by molar-refractivity contribution is -0.121. The molecular formula is C25H29BrN4O2. The lowest BCUT2D eigenvalue weighted by atomic mass is 9.98. The summed E-state index contributed by atoms with van der Waals surface area (Å²) in [6.07, 6.45) is 4.24. The molecule has 1 aromatic heterocycles. The Balaban J connectivity index is 1.33. The molecule has 1 N–H and O–H groups in total. The van der Waals surface area contributed by atoms with Gasteiger partial charge in [-0.2, -0.15) is 0 Å². The second-order valence-corrected chi connectivity index (χ2v) is 9.57. The highest BCUT2D eigenvalue weighted by Gasteiger charge is 2.17. The summed E-state index contributed by atoms with van der Waals surface area (Å²) in [6.45, 7) is 6.30. The van der Waals surface area contributed by atoms with Crippen molar-refractivity contribution in [3.05, 3.63) is 74.7 Å². The van der Waals surface area contributed by atoms with E-state index in [1.54, 1.807) is 12.1 Å². The van der Waals surface area contributed by atoms with Crippen LogP contribution in [-0.4, -0.2) is 33.4 Å². The number of carbonyl (C=O) groups is 1. The molecule has 32 heavy (non-hydrogen) atoms. The predicted molar refractivity (Wildman–Crippen MR) is 130 cm³/mol. The van der Waals surface area contributed by atoms with Gasteiger partial charge in [-0.15, -0.1) is 0 Å². The van der Waals surface area contributed by atoms with Crippen molar-refractivity contribution in [2.45, 2.75) is 45.8 Å². The summed E-state index contributed by atoms with van der Waals surface area (Å²) in [5.74, 6) is 0.737. The first-order valence-electron chi connectivity index (χ1n) is 11.2. The Hall–Kier alpha value is -2.51. The van der Waals surface area contributed by atoms with Crippen molar-refractivity contribution >= 4 is 32.7 Å². The fourth-order valence-electron chi connectivity index (χ4n) is 4.14. The van der Waals surface area contributed by atoms with Crippen LogP contribution in [0.1, 0.15) is 37.3 Å².